The summed E-state index contributed by atoms with van der Waals surface area (Å²) in [6.07, 6.45) is 0.731. The van der Waals surface area contributed by atoms with E-state index in [1.807, 2.05) is 19.1 Å². The summed E-state index contributed by atoms with van der Waals surface area (Å²) in [5.74, 6) is 0.200. The normalized spacial score (nSPS) is 17.3. The smallest absolute Gasteiger partial charge is 0.255 e. The van der Waals surface area contributed by atoms with Gasteiger partial charge in [-0.3, -0.25) is 14.5 Å². The number of carbonyl (C=O) groups is 2. The van der Waals surface area contributed by atoms with Crippen molar-refractivity contribution in [1.82, 2.24) is 15.5 Å². The molecule has 2 amide bonds. The summed E-state index contributed by atoms with van der Waals surface area (Å²) in [6.45, 7) is 12.0. The van der Waals surface area contributed by atoms with Crippen LogP contribution in [0.25, 0.3) is 0 Å². The third-order valence-electron chi connectivity index (χ3n) is 7.29. The van der Waals surface area contributed by atoms with E-state index in [4.69, 9.17) is 19.9 Å². The SMILES string of the molecule is COCCCOc1ccccc1C(=O)NC[C@@H](C[C@H](N)[C@@H](O)C[C@@H](C)C(=O)NCCN1CCOCC1)C(C)C. The minimum atomic E-state index is -0.817. The maximum absolute atomic E-state index is 13.0. The molecule has 10 heteroatoms. The Morgan fingerprint density at radius 1 is 1.10 bits per heavy atom. The summed E-state index contributed by atoms with van der Waals surface area (Å²) in [7, 11) is 1.64. The Bertz CT molecular complexity index is 849. The van der Waals surface area contributed by atoms with E-state index < -0.39 is 12.1 Å². The molecule has 1 saturated heterocycles. The van der Waals surface area contributed by atoms with E-state index in [0.717, 1.165) is 39.3 Å². The van der Waals surface area contributed by atoms with Crippen LogP contribution in [0.2, 0.25) is 0 Å². The van der Waals surface area contributed by atoms with Crippen molar-refractivity contribution in [2.24, 2.45) is 23.5 Å². The summed E-state index contributed by atoms with van der Waals surface area (Å²) in [4.78, 5) is 27.8. The molecule has 1 aromatic carbocycles. The fourth-order valence-electron chi connectivity index (χ4n) is 4.56. The molecule has 1 aliphatic rings. The number of hydrogen-bond donors (Lipinski definition) is 4. The molecule has 222 valence electrons. The van der Waals surface area contributed by atoms with Crippen molar-refractivity contribution in [3.63, 3.8) is 0 Å². The van der Waals surface area contributed by atoms with Gasteiger partial charge in [-0.1, -0.05) is 32.9 Å². The van der Waals surface area contributed by atoms with Gasteiger partial charge in [0.25, 0.3) is 5.91 Å². The molecule has 4 atom stereocenters. The van der Waals surface area contributed by atoms with Gasteiger partial charge < -0.3 is 35.7 Å². The number of nitrogens with zero attached hydrogens (tertiary/aromatic N) is 1. The van der Waals surface area contributed by atoms with Gasteiger partial charge in [0.05, 0.1) is 31.5 Å². The molecule has 1 heterocycles. The van der Waals surface area contributed by atoms with E-state index in [0.29, 0.717) is 44.0 Å². The second-order valence-electron chi connectivity index (χ2n) is 10.8. The first kappa shape index (κ1) is 33.0. The monoisotopic (exact) mass is 550 g/mol. The van der Waals surface area contributed by atoms with Crippen LogP contribution in [0.4, 0.5) is 0 Å². The molecule has 1 aromatic rings. The molecule has 0 unspecified atom stereocenters. The number of nitrogens with two attached hydrogens (primary N) is 1. The number of ether oxygens (including phenoxy) is 3. The van der Waals surface area contributed by atoms with Gasteiger partial charge in [0, 0.05) is 64.8 Å². The number of methoxy groups -OCH3 is 1. The molecule has 2 rings (SSSR count). The Kier molecular flexibility index (Phi) is 15.4. The average Bonchev–Trinajstić information content (AvgIpc) is 2.93. The molecule has 1 fully saturated rings. The number of aliphatic hydroxyl groups excluding tert-OH is 1. The van der Waals surface area contributed by atoms with Gasteiger partial charge >= 0.3 is 0 Å². The summed E-state index contributed by atoms with van der Waals surface area (Å²) in [5.41, 5.74) is 6.86. The zero-order valence-corrected chi connectivity index (χ0v) is 24.2. The van der Waals surface area contributed by atoms with Crippen molar-refractivity contribution in [2.75, 3.05) is 66.3 Å². The van der Waals surface area contributed by atoms with Crippen LogP contribution < -0.4 is 21.1 Å². The van der Waals surface area contributed by atoms with E-state index in [-0.39, 0.29) is 36.0 Å². The molecular weight excluding hydrogens is 500 g/mol. The lowest BCUT2D eigenvalue weighted by Crippen LogP contribution is -2.44. The lowest BCUT2D eigenvalue weighted by Gasteiger charge is -2.29. The van der Waals surface area contributed by atoms with Gasteiger partial charge in [0.2, 0.25) is 5.91 Å². The van der Waals surface area contributed by atoms with Crippen LogP contribution in [-0.2, 0) is 14.3 Å². The van der Waals surface area contributed by atoms with Crippen molar-refractivity contribution in [1.29, 1.82) is 0 Å². The van der Waals surface area contributed by atoms with Crippen LogP contribution in [0.15, 0.2) is 24.3 Å². The van der Waals surface area contributed by atoms with Gasteiger partial charge in [0.1, 0.15) is 5.75 Å². The molecule has 0 saturated carbocycles. The number of benzene rings is 1. The number of para-hydroxylation sites is 1. The maximum atomic E-state index is 13.0. The highest BCUT2D eigenvalue weighted by Crippen LogP contribution is 2.22. The summed E-state index contributed by atoms with van der Waals surface area (Å²) in [6, 6.07) is 6.67. The molecule has 39 heavy (non-hydrogen) atoms. The zero-order valence-electron chi connectivity index (χ0n) is 24.2. The molecule has 0 bridgehead atoms. The zero-order chi connectivity index (χ0) is 28.6. The highest BCUT2D eigenvalue weighted by atomic mass is 16.5. The van der Waals surface area contributed by atoms with Gasteiger partial charge in [-0.25, -0.2) is 0 Å². The Balaban J connectivity index is 1.79. The Morgan fingerprint density at radius 2 is 1.82 bits per heavy atom. The molecule has 5 N–H and O–H groups in total. The van der Waals surface area contributed by atoms with Gasteiger partial charge in [-0.2, -0.15) is 0 Å². The van der Waals surface area contributed by atoms with Crippen LogP contribution in [-0.4, -0.2) is 100 Å². The number of nitrogens with one attached hydrogen (secondary N) is 2. The first-order valence-corrected chi connectivity index (χ1v) is 14.2. The standard InChI is InChI=1S/C29H50N4O6/c1-21(2)23(20-32-29(36)24-8-5-6-9-27(24)39-15-7-14-37-4)19-25(30)26(34)18-22(3)28(35)31-10-11-33-12-16-38-17-13-33/h5-6,8-9,21-23,25-26,34H,7,10-20,30H2,1-4H3,(H,31,35)(H,32,36)/t22-,23-,25+,26+/m1/s1. The molecule has 0 aliphatic carbocycles. The topological polar surface area (TPSA) is 135 Å². The van der Waals surface area contributed by atoms with Crippen molar-refractivity contribution in [2.45, 2.75) is 52.2 Å². The summed E-state index contributed by atoms with van der Waals surface area (Å²) < 4.78 is 16.2. The lowest BCUT2D eigenvalue weighted by atomic mass is 9.86. The van der Waals surface area contributed by atoms with E-state index in [9.17, 15) is 14.7 Å². The van der Waals surface area contributed by atoms with E-state index >= 15 is 0 Å². The van der Waals surface area contributed by atoms with Crippen molar-refractivity contribution in [3.8, 4) is 5.75 Å². The largest absolute Gasteiger partial charge is 0.493 e. The quantitative estimate of drug-likeness (QED) is 0.203. The average molecular weight is 551 g/mol. The van der Waals surface area contributed by atoms with E-state index in [2.05, 4.69) is 29.4 Å². The Hall–Kier alpha value is -2.24. The number of amides is 2. The Morgan fingerprint density at radius 3 is 2.51 bits per heavy atom. The van der Waals surface area contributed by atoms with Gasteiger partial charge in [0.15, 0.2) is 0 Å². The van der Waals surface area contributed by atoms with Crippen molar-refractivity contribution in [3.05, 3.63) is 29.8 Å². The summed E-state index contributed by atoms with van der Waals surface area (Å²) >= 11 is 0. The summed E-state index contributed by atoms with van der Waals surface area (Å²) in [5, 5.41) is 16.8. The first-order valence-electron chi connectivity index (χ1n) is 14.2. The molecule has 0 radical (unpaired) electrons. The van der Waals surface area contributed by atoms with Crippen LogP contribution in [0.3, 0.4) is 0 Å². The second-order valence-corrected chi connectivity index (χ2v) is 10.8. The molecule has 1 aliphatic heterocycles. The lowest BCUT2D eigenvalue weighted by molar-refractivity contribution is -0.125. The molecule has 10 nitrogen and oxygen atoms in total. The maximum Gasteiger partial charge on any atom is 0.255 e. The predicted octanol–water partition coefficient (Wildman–Crippen LogP) is 1.66. The van der Waals surface area contributed by atoms with Crippen molar-refractivity contribution < 1.29 is 28.9 Å². The Labute approximate surface area is 233 Å². The highest BCUT2D eigenvalue weighted by molar-refractivity contribution is 5.96. The molecule has 0 aromatic heterocycles. The minimum absolute atomic E-state index is 0.0611. The fourth-order valence-corrected chi connectivity index (χ4v) is 4.56. The number of rotatable bonds is 18. The number of aliphatic hydroxyl groups is 1. The molecular formula is C29H50N4O6. The van der Waals surface area contributed by atoms with Crippen LogP contribution in [0, 0.1) is 17.8 Å². The first-order chi connectivity index (χ1) is 18.7. The fraction of sp³-hybridized carbons (Fsp3) is 0.724. The van der Waals surface area contributed by atoms with Crippen LogP contribution >= 0.6 is 0 Å². The van der Waals surface area contributed by atoms with Crippen molar-refractivity contribution >= 4 is 11.8 Å². The number of morpholine rings is 1. The third kappa shape index (κ3) is 12.2. The second kappa shape index (κ2) is 18.2. The van der Waals surface area contributed by atoms with Crippen LogP contribution in [0.1, 0.15) is 50.4 Å². The number of carbonyl (C=O) groups excluding carboxylic acids is 2. The highest BCUT2D eigenvalue weighted by Gasteiger charge is 2.26. The minimum Gasteiger partial charge on any atom is -0.493 e. The molecule has 0 spiro atoms. The van der Waals surface area contributed by atoms with Crippen LogP contribution in [0.5, 0.6) is 5.75 Å². The van der Waals surface area contributed by atoms with E-state index in [1.54, 1.807) is 19.2 Å². The van der Waals surface area contributed by atoms with Gasteiger partial charge in [-0.15, -0.1) is 0 Å². The van der Waals surface area contributed by atoms with Gasteiger partial charge in [-0.05, 0) is 36.8 Å². The van der Waals surface area contributed by atoms with E-state index in [1.165, 1.54) is 0 Å². The number of hydrogen-bond acceptors (Lipinski definition) is 8. The predicted molar refractivity (Wildman–Crippen MR) is 152 cm³/mol. The third-order valence-corrected chi connectivity index (χ3v) is 7.29.